The molecule has 23 heavy (non-hydrogen) atoms. The van der Waals surface area contributed by atoms with E-state index >= 15 is 0 Å². The zero-order chi connectivity index (χ0) is 15.6. The summed E-state index contributed by atoms with van der Waals surface area (Å²) in [7, 11) is 0. The molecule has 0 amide bonds. The van der Waals surface area contributed by atoms with Crippen LogP contribution in [0.4, 0.5) is 0 Å². The van der Waals surface area contributed by atoms with Crippen molar-refractivity contribution in [3.05, 3.63) is 90.5 Å². The van der Waals surface area contributed by atoms with Gasteiger partial charge >= 0.3 is 0 Å². The van der Waals surface area contributed by atoms with Crippen LogP contribution in [0, 0.1) is 6.92 Å². The second kappa shape index (κ2) is 5.69. The van der Waals surface area contributed by atoms with Gasteiger partial charge in [0.2, 0.25) is 0 Å². The van der Waals surface area contributed by atoms with Crippen LogP contribution in [0.25, 0.3) is 33.3 Å². The number of hydrogen-bond donors (Lipinski definition) is 0. The molecule has 1 nitrogen and oxygen atoms in total. The summed E-state index contributed by atoms with van der Waals surface area (Å²) in [6.45, 7) is 2.16. The van der Waals surface area contributed by atoms with Crippen LogP contribution in [0.5, 0.6) is 0 Å². The topological polar surface area (TPSA) is 12.9 Å². The number of nitrogens with zero attached hydrogens (tertiary/aromatic N) is 1. The van der Waals surface area contributed by atoms with Crippen LogP contribution < -0.4 is 0 Å². The normalized spacial score (nSPS) is 10.8. The SMILES string of the molecule is Cc1c(-c2ccccc2)nc(-c2ccccc2)c2ccccc12. The number of pyridine rings is 1. The van der Waals surface area contributed by atoms with Crippen molar-refractivity contribution >= 4 is 10.8 Å². The van der Waals surface area contributed by atoms with Crippen molar-refractivity contribution in [2.45, 2.75) is 6.92 Å². The van der Waals surface area contributed by atoms with Crippen LogP contribution in [0.1, 0.15) is 5.56 Å². The van der Waals surface area contributed by atoms with Crippen molar-refractivity contribution in [2.24, 2.45) is 0 Å². The van der Waals surface area contributed by atoms with E-state index in [9.17, 15) is 0 Å². The smallest absolute Gasteiger partial charge is 0.0788 e. The molecule has 0 spiro atoms. The van der Waals surface area contributed by atoms with E-state index < -0.39 is 0 Å². The highest BCUT2D eigenvalue weighted by Crippen LogP contribution is 2.34. The second-order valence-electron chi connectivity index (χ2n) is 5.71. The highest BCUT2D eigenvalue weighted by molar-refractivity contribution is 5.99. The molecule has 0 bridgehead atoms. The molecule has 0 unspecified atom stereocenters. The average molecular weight is 295 g/mol. The van der Waals surface area contributed by atoms with E-state index in [-0.39, 0.29) is 0 Å². The van der Waals surface area contributed by atoms with Gasteiger partial charge in [-0.25, -0.2) is 4.98 Å². The number of aromatic nitrogens is 1. The van der Waals surface area contributed by atoms with Gasteiger partial charge in [-0.05, 0) is 17.9 Å². The Morgan fingerprint density at radius 1 is 0.522 bits per heavy atom. The zero-order valence-electron chi connectivity index (χ0n) is 13.0. The monoisotopic (exact) mass is 295 g/mol. The van der Waals surface area contributed by atoms with E-state index in [0.717, 1.165) is 22.5 Å². The van der Waals surface area contributed by atoms with Gasteiger partial charge in [-0.2, -0.15) is 0 Å². The van der Waals surface area contributed by atoms with E-state index in [1.165, 1.54) is 16.3 Å². The first-order chi connectivity index (χ1) is 11.3. The molecular formula is C22H17N. The summed E-state index contributed by atoms with van der Waals surface area (Å²) in [6.07, 6.45) is 0. The van der Waals surface area contributed by atoms with Crippen molar-refractivity contribution in [1.82, 2.24) is 4.98 Å². The molecule has 0 aliphatic rings. The second-order valence-corrected chi connectivity index (χ2v) is 5.71. The van der Waals surface area contributed by atoms with Gasteiger partial charge in [0.15, 0.2) is 0 Å². The lowest BCUT2D eigenvalue weighted by Gasteiger charge is -2.14. The molecule has 0 fully saturated rings. The van der Waals surface area contributed by atoms with Crippen LogP contribution in [-0.2, 0) is 0 Å². The van der Waals surface area contributed by atoms with Gasteiger partial charge in [0.25, 0.3) is 0 Å². The molecule has 4 rings (SSSR count). The molecule has 0 saturated carbocycles. The van der Waals surface area contributed by atoms with E-state index in [1.54, 1.807) is 0 Å². The molecule has 0 atom stereocenters. The highest BCUT2D eigenvalue weighted by Gasteiger charge is 2.13. The van der Waals surface area contributed by atoms with Crippen LogP contribution in [0.3, 0.4) is 0 Å². The molecule has 1 aromatic heterocycles. The Kier molecular flexibility index (Phi) is 3.39. The highest BCUT2D eigenvalue weighted by atomic mass is 14.7. The third-order valence-corrected chi connectivity index (χ3v) is 4.26. The maximum atomic E-state index is 5.04. The maximum absolute atomic E-state index is 5.04. The minimum absolute atomic E-state index is 1.05. The van der Waals surface area contributed by atoms with Crippen molar-refractivity contribution in [3.8, 4) is 22.5 Å². The van der Waals surface area contributed by atoms with Gasteiger partial charge in [-0.15, -0.1) is 0 Å². The first kappa shape index (κ1) is 13.7. The van der Waals surface area contributed by atoms with E-state index in [2.05, 4.69) is 79.7 Å². The van der Waals surface area contributed by atoms with Crippen molar-refractivity contribution in [2.75, 3.05) is 0 Å². The summed E-state index contributed by atoms with van der Waals surface area (Å²) in [4.78, 5) is 5.04. The molecule has 1 heteroatoms. The summed E-state index contributed by atoms with van der Waals surface area (Å²) < 4.78 is 0. The maximum Gasteiger partial charge on any atom is 0.0788 e. The summed E-state index contributed by atoms with van der Waals surface area (Å²) in [5.74, 6) is 0. The fourth-order valence-electron chi connectivity index (χ4n) is 3.09. The zero-order valence-corrected chi connectivity index (χ0v) is 13.0. The minimum atomic E-state index is 1.05. The molecule has 0 N–H and O–H groups in total. The summed E-state index contributed by atoms with van der Waals surface area (Å²) in [5, 5.41) is 2.47. The third kappa shape index (κ3) is 2.40. The van der Waals surface area contributed by atoms with Gasteiger partial charge < -0.3 is 0 Å². The fourth-order valence-corrected chi connectivity index (χ4v) is 3.09. The third-order valence-electron chi connectivity index (χ3n) is 4.26. The largest absolute Gasteiger partial charge is 0.247 e. The van der Waals surface area contributed by atoms with Crippen LogP contribution >= 0.6 is 0 Å². The average Bonchev–Trinajstić information content (AvgIpc) is 2.64. The lowest BCUT2D eigenvalue weighted by molar-refractivity contribution is 1.30. The molecule has 1 heterocycles. The Morgan fingerprint density at radius 2 is 1.00 bits per heavy atom. The number of fused-ring (bicyclic) bond motifs is 1. The number of aryl methyl sites for hydroxylation is 1. The first-order valence-corrected chi connectivity index (χ1v) is 7.85. The van der Waals surface area contributed by atoms with Crippen LogP contribution in [0.2, 0.25) is 0 Å². The minimum Gasteiger partial charge on any atom is -0.247 e. The quantitative estimate of drug-likeness (QED) is 0.450. The van der Waals surface area contributed by atoms with Crippen LogP contribution in [-0.4, -0.2) is 4.98 Å². The first-order valence-electron chi connectivity index (χ1n) is 7.85. The molecule has 0 aliphatic carbocycles. The van der Waals surface area contributed by atoms with Crippen molar-refractivity contribution in [3.63, 3.8) is 0 Å². The van der Waals surface area contributed by atoms with Gasteiger partial charge in [0.1, 0.15) is 0 Å². The lowest BCUT2D eigenvalue weighted by Crippen LogP contribution is -1.95. The Labute approximate surface area is 136 Å². The Balaban J connectivity index is 2.08. The van der Waals surface area contributed by atoms with Gasteiger partial charge in [-0.1, -0.05) is 84.9 Å². The molecule has 0 saturated heterocycles. The molecule has 110 valence electrons. The Morgan fingerprint density at radius 3 is 1.61 bits per heavy atom. The Hall–Kier alpha value is -2.93. The summed E-state index contributed by atoms with van der Waals surface area (Å²) >= 11 is 0. The molecule has 3 aromatic carbocycles. The molecule has 0 aliphatic heterocycles. The predicted octanol–water partition coefficient (Wildman–Crippen LogP) is 5.88. The van der Waals surface area contributed by atoms with Crippen molar-refractivity contribution < 1.29 is 0 Å². The van der Waals surface area contributed by atoms with Gasteiger partial charge in [0, 0.05) is 16.5 Å². The molecule has 0 radical (unpaired) electrons. The summed E-state index contributed by atoms with van der Waals surface area (Å²) in [5.41, 5.74) is 5.65. The number of rotatable bonds is 2. The van der Waals surface area contributed by atoms with Crippen molar-refractivity contribution in [1.29, 1.82) is 0 Å². The van der Waals surface area contributed by atoms with E-state index in [1.807, 2.05) is 12.1 Å². The predicted molar refractivity (Wildman–Crippen MR) is 97.4 cm³/mol. The lowest BCUT2D eigenvalue weighted by atomic mass is 9.96. The van der Waals surface area contributed by atoms with E-state index in [0.29, 0.717) is 0 Å². The van der Waals surface area contributed by atoms with Gasteiger partial charge in [0.05, 0.1) is 11.4 Å². The van der Waals surface area contributed by atoms with Crippen LogP contribution in [0.15, 0.2) is 84.9 Å². The summed E-state index contributed by atoms with van der Waals surface area (Å²) in [6, 6.07) is 29.4. The van der Waals surface area contributed by atoms with E-state index in [4.69, 9.17) is 4.98 Å². The molecule has 4 aromatic rings. The fraction of sp³-hybridized carbons (Fsp3) is 0.0455. The number of hydrogen-bond acceptors (Lipinski definition) is 1. The molecular weight excluding hydrogens is 278 g/mol. The number of benzene rings is 3. The standard InChI is InChI=1S/C22H17N/c1-16-19-14-8-9-15-20(19)22(18-12-6-3-7-13-18)23-21(16)17-10-4-2-5-11-17/h2-15H,1H3. The Bertz CT molecular complexity index is 957. The van der Waals surface area contributed by atoms with Gasteiger partial charge in [-0.3, -0.25) is 0 Å².